The van der Waals surface area contributed by atoms with Crippen LogP contribution in [0.2, 0.25) is 0 Å². The van der Waals surface area contributed by atoms with Gasteiger partial charge in [-0.25, -0.2) is 0 Å². The van der Waals surface area contributed by atoms with Crippen LogP contribution in [0.25, 0.3) is 0 Å². The maximum absolute atomic E-state index is 3.53. The molecule has 0 aliphatic carbocycles. The van der Waals surface area contributed by atoms with Gasteiger partial charge in [0.05, 0.1) is 0 Å². The number of nitrogens with zero attached hydrogens (tertiary/aromatic N) is 1. The predicted octanol–water partition coefficient (Wildman–Crippen LogP) is 2.25. The monoisotopic (exact) mass is 210 g/mol. The molecule has 0 radical (unpaired) electrons. The summed E-state index contributed by atoms with van der Waals surface area (Å²) in [7, 11) is 0. The van der Waals surface area contributed by atoms with Crippen LogP contribution in [0.3, 0.4) is 0 Å². The Labute approximate surface area is 94.4 Å². The van der Waals surface area contributed by atoms with E-state index in [1.807, 2.05) is 0 Å². The van der Waals surface area contributed by atoms with Crippen molar-refractivity contribution in [2.24, 2.45) is 5.92 Å². The summed E-state index contributed by atoms with van der Waals surface area (Å²) in [5.41, 5.74) is 0.454. The summed E-state index contributed by atoms with van der Waals surface area (Å²) in [6.07, 6.45) is 7.02. The molecule has 0 spiro atoms. The highest BCUT2D eigenvalue weighted by molar-refractivity contribution is 4.87. The summed E-state index contributed by atoms with van der Waals surface area (Å²) in [6, 6.07) is 0. The van der Waals surface area contributed by atoms with Gasteiger partial charge in [-0.1, -0.05) is 6.42 Å². The quantitative estimate of drug-likeness (QED) is 0.752. The molecule has 1 atom stereocenters. The molecule has 0 saturated carbocycles. The van der Waals surface area contributed by atoms with Crippen LogP contribution in [0, 0.1) is 5.92 Å². The Balaban J connectivity index is 1.85. The molecule has 2 aliphatic rings. The van der Waals surface area contributed by atoms with E-state index in [9.17, 15) is 0 Å². The first-order chi connectivity index (χ1) is 7.18. The number of hydrogen-bond donors (Lipinski definition) is 1. The summed E-state index contributed by atoms with van der Waals surface area (Å²) >= 11 is 0. The van der Waals surface area contributed by atoms with Crippen molar-refractivity contribution in [2.75, 3.05) is 26.2 Å². The van der Waals surface area contributed by atoms with Crippen LogP contribution in [0.4, 0.5) is 0 Å². The van der Waals surface area contributed by atoms with Gasteiger partial charge in [0, 0.05) is 12.1 Å². The summed E-state index contributed by atoms with van der Waals surface area (Å²) in [5.74, 6) is 0.899. The molecule has 2 heterocycles. The molecule has 1 unspecified atom stereocenters. The van der Waals surface area contributed by atoms with E-state index in [1.54, 1.807) is 0 Å². The van der Waals surface area contributed by atoms with Crippen LogP contribution >= 0.6 is 0 Å². The molecule has 2 nitrogen and oxygen atoms in total. The van der Waals surface area contributed by atoms with Gasteiger partial charge < -0.3 is 5.32 Å². The lowest BCUT2D eigenvalue weighted by molar-refractivity contribution is 0.0557. The van der Waals surface area contributed by atoms with Crippen molar-refractivity contribution < 1.29 is 0 Å². The van der Waals surface area contributed by atoms with Crippen LogP contribution in [0.15, 0.2) is 0 Å². The fourth-order valence-corrected chi connectivity index (χ4v) is 3.05. The Bertz CT molecular complexity index is 195. The van der Waals surface area contributed by atoms with E-state index in [1.165, 1.54) is 58.3 Å². The van der Waals surface area contributed by atoms with E-state index in [2.05, 4.69) is 24.1 Å². The highest BCUT2D eigenvalue weighted by Crippen LogP contribution is 2.28. The molecule has 2 aliphatic heterocycles. The van der Waals surface area contributed by atoms with Crippen LogP contribution in [0.1, 0.15) is 46.0 Å². The molecule has 2 fully saturated rings. The van der Waals surface area contributed by atoms with E-state index in [0.717, 1.165) is 5.92 Å². The SMILES string of the molecule is CC1(C)CCCCN1CC1CCCNC1. The number of nitrogens with one attached hydrogen (secondary N) is 1. The Morgan fingerprint density at radius 1 is 1.27 bits per heavy atom. The summed E-state index contributed by atoms with van der Waals surface area (Å²) in [4.78, 5) is 2.73. The van der Waals surface area contributed by atoms with Gasteiger partial charge in [0.2, 0.25) is 0 Å². The molecular weight excluding hydrogens is 184 g/mol. The first-order valence-electron chi connectivity index (χ1n) is 6.64. The standard InChI is InChI=1S/C13H26N2/c1-13(2)7-3-4-9-15(13)11-12-6-5-8-14-10-12/h12,14H,3-11H2,1-2H3. The topological polar surface area (TPSA) is 15.3 Å². The summed E-state index contributed by atoms with van der Waals surface area (Å²) in [6.45, 7) is 9.96. The maximum Gasteiger partial charge on any atom is 0.0153 e. The van der Waals surface area contributed by atoms with Gasteiger partial charge in [-0.05, 0) is 65.1 Å². The van der Waals surface area contributed by atoms with Crippen molar-refractivity contribution in [1.82, 2.24) is 10.2 Å². The zero-order valence-electron chi connectivity index (χ0n) is 10.4. The van der Waals surface area contributed by atoms with Crippen molar-refractivity contribution in [3.63, 3.8) is 0 Å². The van der Waals surface area contributed by atoms with Crippen molar-refractivity contribution >= 4 is 0 Å². The normalized spacial score (nSPS) is 32.8. The first-order valence-corrected chi connectivity index (χ1v) is 6.64. The molecule has 2 heteroatoms. The lowest BCUT2D eigenvalue weighted by Gasteiger charge is -2.44. The lowest BCUT2D eigenvalue weighted by atomic mass is 9.88. The number of hydrogen-bond acceptors (Lipinski definition) is 2. The fraction of sp³-hybridized carbons (Fsp3) is 1.00. The van der Waals surface area contributed by atoms with Crippen LogP contribution < -0.4 is 5.32 Å². The Kier molecular flexibility index (Phi) is 3.68. The van der Waals surface area contributed by atoms with E-state index in [0.29, 0.717) is 5.54 Å². The van der Waals surface area contributed by atoms with Crippen molar-refractivity contribution in [3.05, 3.63) is 0 Å². The number of piperidine rings is 2. The molecule has 0 bridgehead atoms. The Morgan fingerprint density at radius 2 is 2.13 bits per heavy atom. The second kappa shape index (κ2) is 4.84. The number of likely N-dealkylation sites (tertiary alicyclic amines) is 1. The minimum Gasteiger partial charge on any atom is -0.316 e. The molecule has 0 aromatic carbocycles. The molecular formula is C13H26N2. The Hall–Kier alpha value is -0.0800. The van der Waals surface area contributed by atoms with Crippen LogP contribution in [0.5, 0.6) is 0 Å². The zero-order chi connectivity index (χ0) is 10.7. The third-order valence-corrected chi connectivity index (χ3v) is 4.20. The predicted molar refractivity (Wildman–Crippen MR) is 65.1 cm³/mol. The second-order valence-electron chi connectivity index (χ2n) is 5.93. The lowest BCUT2D eigenvalue weighted by Crippen LogP contribution is -2.51. The molecule has 2 rings (SSSR count). The third-order valence-electron chi connectivity index (χ3n) is 4.20. The molecule has 0 aromatic rings. The minimum absolute atomic E-state index is 0.454. The summed E-state index contributed by atoms with van der Waals surface area (Å²) in [5, 5.41) is 3.53. The maximum atomic E-state index is 3.53. The minimum atomic E-state index is 0.454. The molecule has 0 amide bonds. The van der Waals surface area contributed by atoms with Crippen molar-refractivity contribution in [2.45, 2.75) is 51.5 Å². The summed E-state index contributed by atoms with van der Waals surface area (Å²) < 4.78 is 0. The van der Waals surface area contributed by atoms with Gasteiger partial charge in [-0.3, -0.25) is 4.90 Å². The van der Waals surface area contributed by atoms with Gasteiger partial charge in [-0.15, -0.1) is 0 Å². The molecule has 0 aromatic heterocycles. The van der Waals surface area contributed by atoms with Gasteiger partial charge in [0.1, 0.15) is 0 Å². The smallest absolute Gasteiger partial charge is 0.0153 e. The fourth-order valence-electron chi connectivity index (χ4n) is 3.05. The van der Waals surface area contributed by atoms with E-state index < -0.39 is 0 Å². The number of rotatable bonds is 2. The average Bonchev–Trinajstić information content (AvgIpc) is 2.23. The van der Waals surface area contributed by atoms with Gasteiger partial charge >= 0.3 is 0 Å². The largest absolute Gasteiger partial charge is 0.316 e. The van der Waals surface area contributed by atoms with Gasteiger partial charge in [-0.2, -0.15) is 0 Å². The molecule has 2 saturated heterocycles. The molecule has 1 N–H and O–H groups in total. The van der Waals surface area contributed by atoms with E-state index in [-0.39, 0.29) is 0 Å². The van der Waals surface area contributed by atoms with Crippen LogP contribution in [-0.2, 0) is 0 Å². The van der Waals surface area contributed by atoms with Gasteiger partial charge in [0.15, 0.2) is 0 Å². The third kappa shape index (κ3) is 2.94. The van der Waals surface area contributed by atoms with E-state index in [4.69, 9.17) is 0 Å². The Morgan fingerprint density at radius 3 is 2.80 bits per heavy atom. The van der Waals surface area contributed by atoms with E-state index >= 15 is 0 Å². The first kappa shape index (κ1) is 11.4. The highest BCUT2D eigenvalue weighted by atomic mass is 15.2. The van der Waals surface area contributed by atoms with Crippen LogP contribution in [-0.4, -0.2) is 36.6 Å². The molecule has 15 heavy (non-hydrogen) atoms. The average molecular weight is 210 g/mol. The van der Waals surface area contributed by atoms with Crippen molar-refractivity contribution in [1.29, 1.82) is 0 Å². The molecule has 88 valence electrons. The zero-order valence-corrected chi connectivity index (χ0v) is 10.4. The van der Waals surface area contributed by atoms with Gasteiger partial charge in [0.25, 0.3) is 0 Å². The second-order valence-corrected chi connectivity index (χ2v) is 5.93. The highest BCUT2D eigenvalue weighted by Gasteiger charge is 2.31. The van der Waals surface area contributed by atoms with Crippen molar-refractivity contribution in [3.8, 4) is 0 Å².